The molecule has 2 unspecified atom stereocenters. The molecule has 2 N–H and O–H groups in total. The van der Waals surface area contributed by atoms with Crippen LogP contribution in [0.25, 0.3) is 0 Å². The van der Waals surface area contributed by atoms with Crippen molar-refractivity contribution in [1.29, 1.82) is 0 Å². The number of nitrogens with two attached hydrogens (primary N) is 1. The van der Waals surface area contributed by atoms with Crippen LogP contribution in [0.4, 0.5) is 0 Å². The lowest BCUT2D eigenvalue weighted by Gasteiger charge is -2.23. The molecule has 1 aromatic rings. The maximum atomic E-state index is 6.39. The van der Waals surface area contributed by atoms with Gasteiger partial charge in [0.1, 0.15) is 5.75 Å². The molecule has 0 heterocycles. The van der Waals surface area contributed by atoms with E-state index in [0.29, 0.717) is 5.92 Å². The van der Waals surface area contributed by atoms with E-state index in [-0.39, 0.29) is 6.04 Å². The van der Waals surface area contributed by atoms with Gasteiger partial charge in [-0.25, -0.2) is 0 Å². The van der Waals surface area contributed by atoms with Crippen LogP contribution in [-0.2, 0) is 0 Å². The molecule has 0 bridgehead atoms. The van der Waals surface area contributed by atoms with E-state index in [2.05, 4.69) is 41.9 Å². The van der Waals surface area contributed by atoms with Crippen molar-refractivity contribution in [3.05, 3.63) is 28.2 Å². The first-order chi connectivity index (χ1) is 8.63. The Hall–Kier alpha value is -0.540. The Balaban J connectivity index is 2.81. The summed E-state index contributed by atoms with van der Waals surface area (Å²) in [5.74, 6) is 1.41. The van der Waals surface area contributed by atoms with Crippen molar-refractivity contribution in [3.63, 3.8) is 0 Å². The second kappa shape index (κ2) is 7.80. The number of benzene rings is 1. The van der Waals surface area contributed by atoms with Gasteiger partial charge in [-0.3, -0.25) is 0 Å². The van der Waals surface area contributed by atoms with Crippen molar-refractivity contribution >= 4 is 15.9 Å². The summed E-state index contributed by atoms with van der Waals surface area (Å²) in [6.45, 7) is 4.45. The van der Waals surface area contributed by atoms with E-state index in [4.69, 9.17) is 10.5 Å². The fraction of sp³-hybridized carbons (Fsp3) is 0.600. The first-order valence-corrected chi connectivity index (χ1v) is 7.52. The van der Waals surface area contributed by atoms with Gasteiger partial charge in [0.25, 0.3) is 0 Å². The lowest BCUT2D eigenvalue weighted by Crippen LogP contribution is -2.21. The van der Waals surface area contributed by atoms with Crippen LogP contribution in [0.5, 0.6) is 5.75 Å². The summed E-state index contributed by atoms with van der Waals surface area (Å²) in [5, 5.41) is 0. The summed E-state index contributed by atoms with van der Waals surface area (Å²) in [5.41, 5.74) is 7.58. The van der Waals surface area contributed by atoms with Gasteiger partial charge in [-0.15, -0.1) is 0 Å². The van der Waals surface area contributed by atoms with Crippen molar-refractivity contribution in [1.82, 2.24) is 0 Å². The van der Waals surface area contributed by atoms with Gasteiger partial charge in [0.15, 0.2) is 0 Å². The number of rotatable bonds is 7. The standard InChI is InChI=1S/C15H24BrNO/c1-4-6-7-11(5-2)15(17)12-8-9-14(18-3)13(16)10-12/h8-11,15H,4-7,17H2,1-3H3. The van der Waals surface area contributed by atoms with Crippen LogP contribution in [0.2, 0.25) is 0 Å². The quantitative estimate of drug-likeness (QED) is 0.793. The normalized spacial score (nSPS) is 14.3. The summed E-state index contributed by atoms with van der Waals surface area (Å²) in [6.07, 6.45) is 4.82. The molecule has 2 atom stereocenters. The maximum Gasteiger partial charge on any atom is 0.133 e. The van der Waals surface area contributed by atoms with Crippen LogP contribution in [0.15, 0.2) is 22.7 Å². The fourth-order valence-electron chi connectivity index (χ4n) is 2.27. The Morgan fingerprint density at radius 1 is 1.33 bits per heavy atom. The SMILES string of the molecule is CCCCC(CC)C(N)c1ccc(OC)c(Br)c1. The highest BCUT2D eigenvalue weighted by atomic mass is 79.9. The summed E-state index contributed by atoms with van der Waals surface area (Å²) in [4.78, 5) is 0. The van der Waals surface area contributed by atoms with E-state index in [1.54, 1.807) is 7.11 Å². The van der Waals surface area contributed by atoms with Crippen LogP contribution >= 0.6 is 15.9 Å². The van der Waals surface area contributed by atoms with Crippen molar-refractivity contribution in [2.75, 3.05) is 7.11 Å². The van der Waals surface area contributed by atoms with Gasteiger partial charge in [0.05, 0.1) is 11.6 Å². The van der Waals surface area contributed by atoms with E-state index in [0.717, 1.165) is 16.6 Å². The van der Waals surface area contributed by atoms with Crippen LogP contribution in [0.3, 0.4) is 0 Å². The summed E-state index contributed by atoms with van der Waals surface area (Å²) in [6, 6.07) is 6.25. The molecule has 0 aliphatic carbocycles. The van der Waals surface area contributed by atoms with E-state index >= 15 is 0 Å². The van der Waals surface area contributed by atoms with Crippen LogP contribution in [0, 0.1) is 5.92 Å². The lowest BCUT2D eigenvalue weighted by atomic mass is 9.87. The predicted octanol–water partition coefficient (Wildman–Crippen LogP) is 4.67. The van der Waals surface area contributed by atoms with E-state index in [1.165, 1.54) is 24.8 Å². The van der Waals surface area contributed by atoms with E-state index in [1.807, 2.05) is 6.07 Å². The molecule has 0 aromatic heterocycles. The average Bonchev–Trinajstić information content (AvgIpc) is 2.39. The lowest BCUT2D eigenvalue weighted by molar-refractivity contribution is 0.377. The van der Waals surface area contributed by atoms with E-state index < -0.39 is 0 Å². The van der Waals surface area contributed by atoms with E-state index in [9.17, 15) is 0 Å². The van der Waals surface area contributed by atoms with Gasteiger partial charge < -0.3 is 10.5 Å². The molecule has 3 heteroatoms. The van der Waals surface area contributed by atoms with Gasteiger partial charge >= 0.3 is 0 Å². The third-order valence-electron chi connectivity index (χ3n) is 3.52. The molecule has 18 heavy (non-hydrogen) atoms. The Kier molecular flexibility index (Phi) is 6.72. The largest absolute Gasteiger partial charge is 0.496 e. The van der Waals surface area contributed by atoms with Crippen LogP contribution < -0.4 is 10.5 Å². The zero-order valence-corrected chi connectivity index (χ0v) is 13.2. The molecule has 0 fully saturated rings. The van der Waals surface area contributed by atoms with Gasteiger partial charge in [0, 0.05) is 6.04 Å². The van der Waals surface area contributed by atoms with Crippen LogP contribution in [0.1, 0.15) is 51.1 Å². The zero-order chi connectivity index (χ0) is 13.5. The number of halogens is 1. The number of unbranched alkanes of at least 4 members (excludes halogenated alkanes) is 1. The number of hydrogen-bond donors (Lipinski definition) is 1. The highest BCUT2D eigenvalue weighted by molar-refractivity contribution is 9.10. The van der Waals surface area contributed by atoms with Gasteiger partial charge in [-0.05, 0) is 46.0 Å². The predicted molar refractivity (Wildman–Crippen MR) is 80.9 cm³/mol. The Morgan fingerprint density at radius 3 is 2.56 bits per heavy atom. The van der Waals surface area contributed by atoms with Crippen molar-refractivity contribution < 1.29 is 4.74 Å². The van der Waals surface area contributed by atoms with Crippen molar-refractivity contribution in [3.8, 4) is 5.75 Å². The minimum Gasteiger partial charge on any atom is -0.496 e. The minimum absolute atomic E-state index is 0.115. The smallest absolute Gasteiger partial charge is 0.133 e. The third kappa shape index (κ3) is 3.99. The maximum absolute atomic E-state index is 6.39. The highest BCUT2D eigenvalue weighted by Crippen LogP contribution is 2.32. The first-order valence-electron chi connectivity index (χ1n) is 6.73. The average molecular weight is 314 g/mol. The third-order valence-corrected chi connectivity index (χ3v) is 4.14. The van der Waals surface area contributed by atoms with Crippen molar-refractivity contribution in [2.45, 2.75) is 45.6 Å². The molecule has 0 aliphatic rings. The molecule has 1 rings (SSSR count). The van der Waals surface area contributed by atoms with Gasteiger partial charge in [-0.2, -0.15) is 0 Å². The number of ether oxygens (including phenoxy) is 1. The second-order valence-electron chi connectivity index (χ2n) is 4.73. The Labute approximate surface area is 119 Å². The highest BCUT2D eigenvalue weighted by Gasteiger charge is 2.18. The Bertz CT molecular complexity index is 368. The van der Waals surface area contributed by atoms with Crippen LogP contribution in [-0.4, -0.2) is 7.11 Å². The number of hydrogen-bond acceptors (Lipinski definition) is 2. The molecule has 0 saturated heterocycles. The summed E-state index contributed by atoms with van der Waals surface area (Å²) < 4.78 is 6.22. The molecule has 0 spiro atoms. The second-order valence-corrected chi connectivity index (χ2v) is 5.58. The summed E-state index contributed by atoms with van der Waals surface area (Å²) >= 11 is 3.52. The molecule has 102 valence electrons. The molecule has 0 amide bonds. The molecular formula is C15H24BrNO. The topological polar surface area (TPSA) is 35.2 Å². The van der Waals surface area contributed by atoms with Gasteiger partial charge in [-0.1, -0.05) is 39.2 Å². The molecule has 0 radical (unpaired) electrons. The van der Waals surface area contributed by atoms with Crippen molar-refractivity contribution in [2.24, 2.45) is 11.7 Å². The Morgan fingerprint density at radius 2 is 2.06 bits per heavy atom. The zero-order valence-electron chi connectivity index (χ0n) is 11.6. The number of methoxy groups -OCH3 is 1. The minimum atomic E-state index is 0.115. The molecule has 0 saturated carbocycles. The molecule has 0 aliphatic heterocycles. The monoisotopic (exact) mass is 313 g/mol. The summed E-state index contributed by atoms with van der Waals surface area (Å²) in [7, 11) is 1.68. The molecule has 2 nitrogen and oxygen atoms in total. The fourth-order valence-corrected chi connectivity index (χ4v) is 2.82. The van der Waals surface area contributed by atoms with Gasteiger partial charge in [0.2, 0.25) is 0 Å². The first kappa shape index (κ1) is 15.5. The molecule has 1 aromatic carbocycles. The molecular weight excluding hydrogens is 290 g/mol.